The summed E-state index contributed by atoms with van der Waals surface area (Å²) in [5.41, 5.74) is 13.8. The summed E-state index contributed by atoms with van der Waals surface area (Å²) in [4.78, 5) is 14.0. The van der Waals surface area contributed by atoms with Crippen molar-refractivity contribution in [1.82, 2.24) is 29.4 Å². The van der Waals surface area contributed by atoms with Crippen molar-refractivity contribution in [3.05, 3.63) is 28.6 Å². The average Bonchev–Trinajstić information content (AvgIpc) is 3.13. The van der Waals surface area contributed by atoms with Crippen LogP contribution >= 0.6 is 0 Å². The Morgan fingerprint density at radius 3 is 2.73 bits per heavy atom. The lowest BCUT2D eigenvalue weighted by atomic mass is 9.80. The van der Waals surface area contributed by atoms with Crippen LogP contribution in [-0.4, -0.2) is 47.9 Å². The van der Waals surface area contributed by atoms with Crippen molar-refractivity contribution in [3.63, 3.8) is 0 Å². The summed E-state index contributed by atoms with van der Waals surface area (Å²) in [6, 6.07) is 0.295. The zero-order chi connectivity index (χ0) is 18.4. The Bertz CT molecular complexity index is 832. The molecule has 140 valence electrons. The molecule has 0 spiro atoms. The van der Waals surface area contributed by atoms with Gasteiger partial charge in [0.05, 0.1) is 6.54 Å². The van der Waals surface area contributed by atoms with E-state index in [4.69, 9.17) is 11.5 Å². The summed E-state index contributed by atoms with van der Waals surface area (Å²) in [5.74, 6) is 1.99. The van der Waals surface area contributed by atoms with Gasteiger partial charge in [0.15, 0.2) is 5.69 Å². The number of nitrogens with two attached hydrogens (primary N) is 2. The van der Waals surface area contributed by atoms with E-state index in [-0.39, 0.29) is 0 Å². The second-order valence-corrected chi connectivity index (χ2v) is 7.37. The predicted molar refractivity (Wildman–Crippen MR) is 95.2 cm³/mol. The van der Waals surface area contributed by atoms with E-state index < -0.39 is 5.91 Å². The van der Waals surface area contributed by atoms with Crippen LogP contribution in [0.15, 0.2) is 0 Å². The number of carbonyl (C=O) groups is 1. The van der Waals surface area contributed by atoms with E-state index in [0.29, 0.717) is 30.7 Å². The molecule has 1 aliphatic carbocycles. The van der Waals surface area contributed by atoms with Crippen molar-refractivity contribution in [2.45, 2.75) is 57.8 Å². The van der Waals surface area contributed by atoms with E-state index in [2.05, 4.69) is 31.7 Å². The molecule has 0 saturated heterocycles. The molecule has 2 aliphatic rings. The van der Waals surface area contributed by atoms with Crippen LogP contribution in [0.4, 0.5) is 0 Å². The highest BCUT2D eigenvalue weighted by Crippen LogP contribution is 2.35. The smallest absolute Gasteiger partial charge is 0.269 e. The lowest BCUT2D eigenvalue weighted by molar-refractivity contribution is 0.0992. The highest BCUT2D eigenvalue weighted by molar-refractivity contribution is 5.92. The summed E-state index contributed by atoms with van der Waals surface area (Å²) in [7, 11) is 1.87. The minimum atomic E-state index is -0.468. The first-order valence-electron chi connectivity index (χ1n) is 9.22. The van der Waals surface area contributed by atoms with Crippen LogP contribution < -0.4 is 11.5 Å². The zero-order valence-corrected chi connectivity index (χ0v) is 15.4. The lowest BCUT2D eigenvalue weighted by Gasteiger charge is -2.32. The largest absolute Gasteiger partial charge is 0.364 e. The van der Waals surface area contributed by atoms with Crippen molar-refractivity contribution in [2.75, 3.05) is 6.54 Å². The number of hydrogen-bond acceptors (Lipinski definition) is 6. The number of fused-ring (bicyclic) bond motifs is 1. The summed E-state index contributed by atoms with van der Waals surface area (Å²) in [6.07, 6.45) is 2.82. The number of nitrogens with zero attached hydrogens (tertiary/aromatic N) is 6. The van der Waals surface area contributed by atoms with E-state index >= 15 is 0 Å². The number of amides is 1. The van der Waals surface area contributed by atoms with Gasteiger partial charge >= 0.3 is 0 Å². The van der Waals surface area contributed by atoms with Crippen molar-refractivity contribution in [3.8, 4) is 0 Å². The minimum absolute atomic E-state index is 0.295. The molecule has 4 rings (SSSR count). The molecule has 2 aromatic heterocycles. The number of aryl methyl sites for hydroxylation is 1. The third-order valence-corrected chi connectivity index (χ3v) is 5.63. The van der Waals surface area contributed by atoms with Gasteiger partial charge in [-0.15, -0.1) is 10.2 Å². The number of rotatable bonds is 5. The molecule has 0 atom stereocenters. The number of hydrogen-bond donors (Lipinski definition) is 2. The first kappa shape index (κ1) is 17.2. The Hall–Kier alpha value is -2.26. The molecule has 3 heterocycles. The van der Waals surface area contributed by atoms with Crippen LogP contribution in [0.5, 0.6) is 0 Å². The Morgan fingerprint density at radius 2 is 2.08 bits per heavy atom. The van der Waals surface area contributed by atoms with E-state index in [1.165, 1.54) is 0 Å². The molecule has 0 aromatic carbocycles. The number of primary amides is 1. The van der Waals surface area contributed by atoms with E-state index in [1.807, 2.05) is 7.05 Å². The van der Waals surface area contributed by atoms with E-state index in [1.54, 1.807) is 4.68 Å². The normalized spacial score (nSPS) is 22.9. The first-order chi connectivity index (χ1) is 12.5. The highest BCUT2D eigenvalue weighted by Gasteiger charge is 2.33. The van der Waals surface area contributed by atoms with Gasteiger partial charge < -0.3 is 16.0 Å². The molecule has 26 heavy (non-hydrogen) atoms. The fraction of sp³-hybridized carbons (Fsp3) is 0.647. The molecule has 0 radical (unpaired) electrons. The molecule has 2 aromatic rings. The Balaban J connectivity index is 1.53. The lowest BCUT2D eigenvalue weighted by Crippen LogP contribution is -2.36. The highest BCUT2D eigenvalue weighted by atomic mass is 16.1. The molecular formula is C17H26N8O. The van der Waals surface area contributed by atoms with Gasteiger partial charge in [-0.25, -0.2) is 0 Å². The van der Waals surface area contributed by atoms with Crippen molar-refractivity contribution in [2.24, 2.45) is 18.5 Å². The number of carbonyl (C=O) groups excluding carboxylic acids is 1. The molecule has 1 amide bonds. The van der Waals surface area contributed by atoms with Gasteiger partial charge in [0.1, 0.15) is 11.6 Å². The molecule has 9 heteroatoms. The molecular weight excluding hydrogens is 332 g/mol. The van der Waals surface area contributed by atoms with Gasteiger partial charge in [-0.2, -0.15) is 5.10 Å². The molecule has 0 bridgehead atoms. The fourth-order valence-corrected chi connectivity index (χ4v) is 4.17. The van der Waals surface area contributed by atoms with Crippen LogP contribution in [0, 0.1) is 0 Å². The van der Waals surface area contributed by atoms with E-state index in [9.17, 15) is 4.79 Å². The van der Waals surface area contributed by atoms with Gasteiger partial charge in [0.2, 0.25) is 0 Å². The first-order valence-corrected chi connectivity index (χ1v) is 9.22. The van der Waals surface area contributed by atoms with Crippen LogP contribution in [0.2, 0.25) is 0 Å². The molecule has 1 saturated carbocycles. The molecule has 9 nitrogen and oxygen atoms in total. The van der Waals surface area contributed by atoms with E-state index in [0.717, 1.165) is 55.3 Å². The third-order valence-electron chi connectivity index (χ3n) is 5.63. The van der Waals surface area contributed by atoms with Crippen LogP contribution in [0.3, 0.4) is 0 Å². The minimum Gasteiger partial charge on any atom is -0.364 e. The maximum Gasteiger partial charge on any atom is 0.269 e. The second kappa shape index (κ2) is 6.48. The fourth-order valence-electron chi connectivity index (χ4n) is 4.17. The average molecular weight is 358 g/mol. The van der Waals surface area contributed by atoms with Gasteiger partial charge in [-0.05, 0) is 19.8 Å². The Labute approximate surface area is 152 Å². The van der Waals surface area contributed by atoms with Crippen LogP contribution in [-0.2, 0) is 33.1 Å². The number of aromatic nitrogens is 5. The molecule has 1 fully saturated rings. The summed E-state index contributed by atoms with van der Waals surface area (Å²) >= 11 is 0. The zero-order valence-electron chi connectivity index (χ0n) is 15.4. The van der Waals surface area contributed by atoms with Crippen LogP contribution in [0.1, 0.15) is 59.1 Å². The predicted octanol–water partition coefficient (Wildman–Crippen LogP) is -0.107. The Kier molecular flexibility index (Phi) is 4.28. The maximum atomic E-state index is 11.7. The Morgan fingerprint density at radius 1 is 1.31 bits per heavy atom. The van der Waals surface area contributed by atoms with Crippen molar-refractivity contribution in [1.29, 1.82) is 0 Å². The summed E-state index contributed by atoms with van der Waals surface area (Å²) in [6.45, 7) is 5.22. The van der Waals surface area contributed by atoms with Gasteiger partial charge in [-0.3, -0.25) is 14.4 Å². The standard InChI is InChI=1S/C17H26N8O/c1-3-25-14(20-21-17(25)10-6-11(18)7-10)9-24-5-4-13-12(8-24)15(16(19)26)22-23(13)2/h10-11H,3-9,18H2,1-2H3,(H2,19,26). The SMILES string of the molecule is CCn1c(CN2CCc3c(c(C(N)=O)nn3C)C2)nnc1C1CC(N)C1. The molecule has 1 aliphatic heterocycles. The quantitative estimate of drug-likeness (QED) is 0.769. The monoisotopic (exact) mass is 358 g/mol. The van der Waals surface area contributed by atoms with Gasteiger partial charge in [0, 0.05) is 56.3 Å². The topological polar surface area (TPSA) is 121 Å². The summed E-state index contributed by atoms with van der Waals surface area (Å²) in [5, 5.41) is 13.2. The maximum absolute atomic E-state index is 11.7. The van der Waals surface area contributed by atoms with Gasteiger partial charge in [0.25, 0.3) is 5.91 Å². The molecule has 4 N–H and O–H groups in total. The third kappa shape index (κ3) is 2.80. The van der Waals surface area contributed by atoms with Crippen molar-refractivity contribution >= 4 is 5.91 Å². The molecule has 0 unspecified atom stereocenters. The van der Waals surface area contributed by atoms with Gasteiger partial charge in [-0.1, -0.05) is 0 Å². The van der Waals surface area contributed by atoms with Crippen LogP contribution in [0.25, 0.3) is 0 Å². The second-order valence-electron chi connectivity index (χ2n) is 7.37. The summed E-state index contributed by atoms with van der Waals surface area (Å²) < 4.78 is 3.99. The van der Waals surface area contributed by atoms with Crippen molar-refractivity contribution < 1.29 is 4.79 Å².